The molecule has 0 amide bonds. The van der Waals surface area contributed by atoms with Crippen molar-refractivity contribution in [2.24, 2.45) is 0 Å². The van der Waals surface area contributed by atoms with E-state index in [1.54, 1.807) is 0 Å². The highest BCUT2D eigenvalue weighted by atomic mass is 19.1. The number of aliphatic hydroxyl groups excluding tert-OH is 1. The van der Waals surface area contributed by atoms with Crippen LogP contribution < -0.4 is 0 Å². The van der Waals surface area contributed by atoms with Crippen LogP contribution in [0.5, 0.6) is 0 Å². The number of benzene rings is 2. The lowest BCUT2D eigenvalue weighted by Crippen LogP contribution is -2.06. The maximum atomic E-state index is 13.7. The first-order valence-corrected chi connectivity index (χ1v) is 5.48. The minimum atomic E-state index is -1.70. The van der Waals surface area contributed by atoms with Crippen LogP contribution >= 0.6 is 0 Å². The summed E-state index contributed by atoms with van der Waals surface area (Å²) < 4.78 is 53.3. The zero-order valence-corrected chi connectivity index (χ0v) is 9.92. The van der Waals surface area contributed by atoms with Gasteiger partial charge in [0.25, 0.3) is 0 Å². The van der Waals surface area contributed by atoms with Gasteiger partial charge in [-0.15, -0.1) is 0 Å². The molecular formula is C14H10F4O. The molecule has 0 saturated carbocycles. The molecule has 1 nitrogen and oxygen atoms in total. The summed E-state index contributed by atoms with van der Waals surface area (Å²) in [6.07, 6.45) is -1.70. The van der Waals surface area contributed by atoms with E-state index in [2.05, 4.69) is 0 Å². The fourth-order valence-electron chi connectivity index (χ4n) is 1.76. The molecule has 0 radical (unpaired) electrons. The van der Waals surface area contributed by atoms with E-state index in [4.69, 9.17) is 0 Å². The van der Waals surface area contributed by atoms with E-state index in [9.17, 15) is 22.7 Å². The van der Waals surface area contributed by atoms with Gasteiger partial charge in [-0.1, -0.05) is 6.07 Å². The molecule has 1 unspecified atom stereocenters. The van der Waals surface area contributed by atoms with Crippen molar-refractivity contribution in [1.82, 2.24) is 0 Å². The van der Waals surface area contributed by atoms with E-state index >= 15 is 0 Å². The largest absolute Gasteiger partial charge is 0.383 e. The Bertz CT molecular complexity index is 625. The highest BCUT2D eigenvalue weighted by Gasteiger charge is 2.20. The fourth-order valence-corrected chi connectivity index (χ4v) is 1.76. The summed E-state index contributed by atoms with van der Waals surface area (Å²) in [5.41, 5.74) is -0.634. The Balaban J connectivity index is 2.49. The van der Waals surface area contributed by atoms with Gasteiger partial charge in [0.05, 0.1) is 0 Å². The molecule has 2 aromatic carbocycles. The van der Waals surface area contributed by atoms with Crippen molar-refractivity contribution in [1.29, 1.82) is 0 Å². The van der Waals surface area contributed by atoms with E-state index in [1.807, 2.05) is 0 Å². The van der Waals surface area contributed by atoms with Gasteiger partial charge >= 0.3 is 0 Å². The molecular weight excluding hydrogens is 260 g/mol. The first-order valence-electron chi connectivity index (χ1n) is 5.48. The van der Waals surface area contributed by atoms with Gasteiger partial charge in [0.1, 0.15) is 29.4 Å². The number of rotatable bonds is 2. The number of hydrogen-bond donors (Lipinski definition) is 1. The molecule has 0 aliphatic rings. The third-order valence-corrected chi connectivity index (χ3v) is 2.83. The summed E-state index contributed by atoms with van der Waals surface area (Å²) in [4.78, 5) is 0. The van der Waals surface area contributed by atoms with Gasteiger partial charge < -0.3 is 5.11 Å². The molecule has 100 valence electrons. The Labute approximate surface area is 107 Å². The van der Waals surface area contributed by atoms with Crippen LogP contribution in [0.1, 0.15) is 22.8 Å². The third kappa shape index (κ3) is 2.61. The second-order valence-electron chi connectivity index (χ2n) is 4.19. The van der Waals surface area contributed by atoms with Crippen molar-refractivity contribution in [3.05, 3.63) is 70.3 Å². The number of aliphatic hydroxyl groups is 1. The average Bonchev–Trinajstić information content (AvgIpc) is 2.33. The minimum Gasteiger partial charge on any atom is -0.383 e. The van der Waals surface area contributed by atoms with Gasteiger partial charge in [0.2, 0.25) is 0 Å². The van der Waals surface area contributed by atoms with Crippen LogP contribution in [0.25, 0.3) is 0 Å². The summed E-state index contributed by atoms with van der Waals surface area (Å²) in [5.74, 6) is -3.40. The molecule has 0 heterocycles. The topological polar surface area (TPSA) is 20.2 Å². The molecule has 0 spiro atoms. The highest BCUT2D eigenvalue weighted by molar-refractivity contribution is 5.34. The van der Waals surface area contributed by atoms with Gasteiger partial charge in [-0.05, 0) is 30.7 Å². The zero-order chi connectivity index (χ0) is 14.2. The van der Waals surface area contributed by atoms with Crippen LogP contribution in [0.3, 0.4) is 0 Å². The third-order valence-electron chi connectivity index (χ3n) is 2.83. The predicted octanol–water partition coefficient (Wildman–Crippen LogP) is 3.63. The molecule has 1 N–H and O–H groups in total. The highest BCUT2D eigenvalue weighted by Crippen LogP contribution is 2.28. The summed E-state index contributed by atoms with van der Waals surface area (Å²) >= 11 is 0. The lowest BCUT2D eigenvalue weighted by Gasteiger charge is -2.14. The molecule has 0 saturated heterocycles. The summed E-state index contributed by atoms with van der Waals surface area (Å²) in [5, 5.41) is 9.89. The number of hydrogen-bond acceptors (Lipinski definition) is 1. The lowest BCUT2D eigenvalue weighted by atomic mass is 9.99. The van der Waals surface area contributed by atoms with Gasteiger partial charge in [-0.25, -0.2) is 17.6 Å². The molecule has 0 aliphatic heterocycles. The predicted molar refractivity (Wildman–Crippen MR) is 61.5 cm³/mol. The lowest BCUT2D eigenvalue weighted by molar-refractivity contribution is 0.209. The minimum absolute atomic E-state index is 0.0769. The second-order valence-corrected chi connectivity index (χ2v) is 4.19. The van der Waals surface area contributed by atoms with E-state index in [1.165, 1.54) is 6.92 Å². The normalized spacial score (nSPS) is 12.5. The van der Waals surface area contributed by atoms with Gasteiger partial charge in [-0.3, -0.25) is 0 Å². The molecule has 1 atom stereocenters. The van der Waals surface area contributed by atoms with Gasteiger partial charge in [0.15, 0.2) is 0 Å². The molecule has 0 bridgehead atoms. The quantitative estimate of drug-likeness (QED) is 0.826. The molecule has 2 rings (SSSR count). The first kappa shape index (κ1) is 13.5. The van der Waals surface area contributed by atoms with Gasteiger partial charge in [-0.2, -0.15) is 0 Å². The maximum Gasteiger partial charge on any atom is 0.132 e. The second kappa shape index (κ2) is 5.01. The van der Waals surface area contributed by atoms with E-state index < -0.39 is 34.9 Å². The molecule has 0 aliphatic carbocycles. The molecule has 19 heavy (non-hydrogen) atoms. The average molecular weight is 270 g/mol. The van der Waals surface area contributed by atoms with Crippen molar-refractivity contribution >= 4 is 0 Å². The van der Waals surface area contributed by atoms with Crippen molar-refractivity contribution in [3.63, 3.8) is 0 Å². The van der Waals surface area contributed by atoms with E-state index in [-0.39, 0.29) is 11.1 Å². The Morgan fingerprint density at radius 3 is 2.11 bits per heavy atom. The van der Waals surface area contributed by atoms with Crippen LogP contribution in [-0.2, 0) is 0 Å². The monoisotopic (exact) mass is 270 g/mol. The van der Waals surface area contributed by atoms with Crippen LogP contribution in [0.15, 0.2) is 30.3 Å². The Morgan fingerprint density at radius 1 is 0.842 bits per heavy atom. The molecule has 5 heteroatoms. The van der Waals surface area contributed by atoms with Crippen molar-refractivity contribution < 1.29 is 22.7 Å². The van der Waals surface area contributed by atoms with Crippen molar-refractivity contribution in [3.8, 4) is 0 Å². The van der Waals surface area contributed by atoms with Gasteiger partial charge in [0, 0.05) is 17.2 Å². The van der Waals surface area contributed by atoms with Crippen LogP contribution in [0.4, 0.5) is 17.6 Å². The van der Waals surface area contributed by atoms with Crippen molar-refractivity contribution in [2.75, 3.05) is 0 Å². The fraction of sp³-hybridized carbons (Fsp3) is 0.143. The molecule has 2 aromatic rings. The molecule has 0 fully saturated rings. The Hall–Kier alpha value is -1.88. The summed E-state index contributed by atoms with van der Waals surface area (Å²) in [6, 6.07) is 4.21. The number of halogens is 4. The summed E-state index contributed by atoms with van der Waals surface area (Å²) in [6.45, 7) is 1.37. The van der Waals surface area contributed by atoms with Crippen molar-refractivity contribution in [2.45, 2.75) is 13.0 Å². The van der Waals surface area contributed by atoms with Crippen LogP contribution in [0.2, 0.25) is 0 Å². The standard InChI is InChI=1S/C14H10F4O/c1-7-4-12(17)10(6-11(7)16)14(19)9-3-2-8(15)5-13(9)18/h2-6,14,19H,1H3. The van der Waals surface area contributed by atoms with Crippen LogP contribution in [0, 0.1) is 30.2 Å². The maximum absolute atomic E-state index is 13.7. The van der Waals surface area contributed by atoms with E-state index in [0.717, 1.165) is 24.3 Å². The SMILES string of the molecule is Cc1cc(F)c(C(O)c2ccc(F)cc2F)cc1F. The Kier molecular flexibility index (Phi) is 3.57. The Morgan fingerprint density at radius 2 is 1.47 bits per heavy atom. The summed E-state index contributed by atoms with van der Waals surface area (Å²) in [7, 11) is 0. The first-order chi connectivity index (χ1) is 8.90. The zero-order valence-electron chi connectivity index (χ0n) is 9.92. The van der Waals surface area contributed by atoms with Crippen LogP contribution in [-0.4, -0.2) is 5.11 Å². The van der Waals surface area contributed by atoms with E-state index in [0.29, 0.717) is 6.07 Å². The number of aryl methyl sites for hydroxylation is 1. The molecule has 0 aromatic heterocycles. The smallest absolute Gasteiger partial charge is 0.132 e.